The fraction of sp³-hybridized carbons (Fsp3) is 0.350. The molecule has 0 saturated carbocycles. The zero-order valence-electron chi connectivity index (χ0n) is 15.8. The Balaban J connectivity index is 1.62. The lowest BCUT2D eigenvalue weighted by atomic mass is 10.0. The van der Waals surface area contributed by atoms with Gasteiger partial charge in [0.1, 0.15) is 0 Å². The van der Waals surface area contributed by atoms with Gasteiger partial charge in [-0.25, -0.2) is 0 Å². The predicted octanol–water partition coefficient (Wildman–Crippen LogP) is 2.74. The van der Waals surface area contributed by atoms with Crippen LogP contribution in [0.5, 0.6) is 11.5 Å². The molecule has 2 amide bonds. The highest BCUT2D eigenvalue weighted by molar-refractivity contribution is 14.1. The molecule has 1 aromatic carbocycles. The molecule has 1 aromatic heterocycles. The van der Waals surface area contributed by atoms with Gasteiger partial charge < -0.3 is 19.7 Å². The third-order valence-corrected chi connectivity index (χ3v) is 5.64. The summed E-state index contributed by atoms with van der Waals surface area (Å²) in [6.07, 6.45) is 4.60. The smallest absolute Gasteiger partial charge is 0.255 e. The minimum absolute atomic E-state index is 0.0395. The van der Waals surface area contributed by atoms with Crippen LogP contribution in [0.3, 0.4) is 0 Å². The molecule has 0 radical (unpaired) electrons. The zero-order valence-corrected chi connectivity index (χ0v) is 17.9. The Bertz CT molecular complexity index is 852. The molecule has 2 aromatic rings. The molecule has 2 heterocycles. The van der Waals surface area contributed by atoms with Gasteiger partial charge in [0.05, 0.1) is 25.3 Å². The Morgan fingerprint density at radius 3 is 2.46 bits per heavy atom. The molecule has 1 saturated heterocycles. The van der Waals surface area contributed by atoms with Gasteiger partial charge in [-0.1, -0.05) is 0 Å². The van der Waals surface area contributed by atoms with Crippen LogP contribution in [-0.4, -0.2) is 55.0 Å². The molecular formula is C20H22IN3O4. The molecule has 0 spiro atoms. The number of halogens is 1. The van der Waals surface area contributed by atoms with Crippen molar-refractivity contribution >= 4 is 34.4 Å². The average molecular weight is 495 g/mol. The summed E-state index contributed by atoms with van der Waals surface area (Å²) in [7, 11) is 3.12. The summed E-state index contributed by atoms with van der Waals surface area (Å²) >= 11 is 2.13. The molecule has 148 valence electrons. The number of pyridine rings is 1. The third kappa shape index (κ3) is 4.54. The summed E-state index contributed by atoms with van der Waals surface area (Å²) in [5.74, 6) is 0.958. The van der Waals surface area contributed by atoms with Crippen LogP contribution in [0.25, 0.3) is 0 Å². The van der Waals surface area contributed by atoms with Crippen LogP contribution in [0.15, 0.2) is 36.7 Å². The van der Waals surface area contributed by atoms with Crippen LogP contribution in [0.2, 0.25) is 0 Å². The Hall–Kier alpha value is -2.36. The van der Waals surface area contributed by atoms with Gasteiger partial charge in [0, 0.05) is 35.1 Å². The van der Waals surface area contributed by atoms with E-state index in [9.17, 15) is 9.59 Å². The number of hydrogen-bond acceptors (Lipinski definition) is 5. The van der Waals surface area contributed by atoms with Crippen LogP contribution in [0.4, 0.5) is 0 Å². The van der Waals surface area contributed by atoms with Crippen LogP contribution in [-0.2, 0) is 0 Å². The maximum atomic E-state index is 13.0. The molecule has 28 heavy (non-hydrogen) atoms. The number of likely N-dealkylation sites (tertiary alicyclic amines) is 1. The van der Waals surface area contributed by atoms with E-state index < -0.39 is 0 Å². The van der Waals surface area contributed by atoms with E-state index in [1.165, 1.54) is 0 Å². The molecule has 1 fully saturated rings. The normalized spacial score (nSPS) is 14.5. The summed E-state index contributed by atoms with van der Waals surface area (Å²) in [5.41, 5.74) is 1.14. The van der Waals surface area contributed by atoms with E-state index in [1.807, 2.05) is 4.90 Å². The SMILES string of the molecule is COc1cc(I)c(C(=O)N2CCC(NC(=O)c3cccnc3)CC2)cc1OC. The van der Waals surface area contributed by atoms with E-state index in [1.54, 1.807) is 50.9 Å². The first-order chi connectivity index (χ1) is 13.5. The molecule has 1 aliphatic heterocycles. The summed E-state index contributed by atoms with van der Waals surface area (Å²) in [4.78, 5) is 31.0. The summed E-state index contributed by atoms with van der Waals surface area (Å²) in [6, 6.07) is 7.04. The number of hydrogen-bond donors (Lipinski definition) is 1. The van der Waals surface area contributed by atoms with Gasteiger partial charge >= 0.3 is 0 Å². The molecule has 1 N–H and O–H groups in total. The standard InChI is InChI=1S/C20H22IN3O4/c1-27-17-10-15(16(21)11-18(17)28-2)20(26)24-8-5-14(6-9-24)23-19(25)13-4-3-7-22-12-13/h3-4,7,10-12,14H,5-6,8-9H2,1-2H3,(H,23,25). The average Bonchev–Trinajstić information content (AvgIpc) is 2.74. The third-order valence-electron chi connectivity index (χ3n) is 4.74. The van der Waals surface area contributed by atoms with Gasteiger partial charge in [0.25, 0.3) is 11.8 Å². The first kappa shape index (κ1) is 20.4. The minimum atomic E-state index is -0.132. The number of carbonyl (C=O) groups is 2. The summed E-state index contributed by atoms with van der Waals surface area (Å²) in [6.45, 7) is 1.17. The van der Waals surface area contributed by atoms with Crippen molar-refractivity contribution in [3.8, 4) is 11.5 Å². The maximum Gasteiger partial charge on any atom is 0.255 e. The maximum absolute atomic E-state index is 13.0. The topological polar surface area (TPSA) is 80.8 Å². The van der Waals surface area contributed by atoms with Gasteiger partial charge in [0.15, 0.2) is 11.5 Å². The lowest BCUT2D eigenvalue weighted by Gasteiger charge is -2.32. The number of amides is 2. The van der Waals surface area contributed by atoms with Gasteiger partial charge in [-0.05, 0) is 59.7 Å². The molecule has 0 aliphatic carbocycles. The lowest BCUT2D eigenvalue weighted by molar-refractivity contribution is 0.0696. The Kier molecular flexibility index (Phi) is 6.71. The lowest BCUT2D eigenvalue weighted by Crippen LogP contribution is -2.46. The Morgan fingerprint density at radius 1 is 1.18 bits per heavy atom. The predicted molar refractivity (Wildman–Crippen MR) is 113 cm³/mol. The summed E-state index contributed by atoms with van der Waals surface area (Å²) < 4.78 is 11.4. The largest absolute Gasteiger partial charge is 0.493 e. The van der Waals surface area contributed by atoms with E-state index >= 15 is 0 Å². The highest BCUT2D eigenvalue weighted by Crippen LogP contribution is 2.32. The quantitative estimate of drug-likeness (QED) is 0.646. The monoisotopic (exact) mass is 495 g/mol. The van der Waals surface area contributed by atoms with E-state index in [-0.39, 0.29) is 17.9 Å². The second-order valence-electron chi connectivity index (χ2n) is 6.47. The number of rotatable bonds is 5. The number of ether oxygens (including phenoxy) is 2. The molecule has 7 nitrogen and oxygen atoms in total. The number of nitrogens with zero attached hydrogens (tertiary/aromatic N) is 2. The van der Waals surface area contributed by atoms with Crippen molar-refractivity contribution in [1.82, 2.24) is 15.2 Å². The van der Waals surface area contributed by atoms with Gasteiger partial charge in [-0.3, -0.25) is 14.6 Å². The second kappa shape index (κ2) is 9.22. The Labute approximate surface area is 177 Å². The van der Waals surface area contributed by atoms with Gasteiger partial charge in [-0.2, -0.15) is 0 Å². The molecule has 1 aliphatic rings. The number of benzene rings is 1. The number of carbonyl (C=O) groups excluding carboxylic acids is 2. The molecule has 0 unspecified atom stereocenters. The van der Waals surface area contributed by atoms with Gasteiger partial charge in [-0.15, -0.1) is 0 Å². The number of piperidine rings is 1. The molecule has 0 atom stereocenters. The van der Waals surface area contributed by atoms with Crippen LogP contribution in [0, 0.1) is 3.57 Å². The van der Waals surface area contributed by atoms with E-state index in [0.717, 1.165) is 3.57 Å². The van der Waals surface area contributed by atoms with E-state index in [2.05, 4.69) is 32.9 Å². The number of nitrogens with one attached hydrogen (secondary N) is 1. The van der Waals surface area contributed by atoms with E-state index in [4.69, 9.17) is 9.47 Å². The van der Waals surface area contributed by atoms with Crippen LogP contribution >= 0.6 is 22.6 Å². The Morgan fingerprint density at radius 2 is 1.86 bits per heavy atom. The second-order valence-corrected chi connectivity index (χ2v) is 7.63. The fourth-order valence-electron chi connectivity index (χ4n) is 3.18. The van der Waals surface area contributed by atoms with Crippen molar-refractivity contribution in [1.29, 1.82) is 0 Å². The first-order valence-electron chi connectivity index (χ1n) is 8.95. The zero-order chi connectivity index (χ0) is 20.1. The molecule has 0 bridgehead atoms. The van der Waals surface area contributed by atoms with Crippen molar-refractivity contribution in [2.45, 2.75) is 18.9 Å². The molecular weight excluding hydrogens is 473 g/mol. The van der Waals surface area contributed by atoms with Crippen molar-refractivity contribution in [2.75, 3.05) is 27.3 Å². The summed E-state index contributed by atoms with van der Waals surface area (Å²) in [5, 5.41) is 3.02. The fourth-order valence-corrected chi connectivity index (χ4v) is 3.85. The van der Waals surface area contributed by atoms with Gasteiger partial charge in [0.2, 0.25) is 0 Å². The highest BCUT2D eigenvalue weighted by atomic mass is 127. The molecule has 3 rings (SSSR count). The van der Waals surface area contributed by atoms with E-state index in [0.29, 0.717) is 48.6 Å². The number of methoxy groups -OCH3 is 2. The van der Waals surface area contributed by atoms with Crippen molar-refractivity contribution < 1.29 is 19.1 Å². The van der Waals surface area contributed by atoms with Crippen molar-refractivity contribution in [3.05, 3.63) is 51.4 Å². The highest BCUT2D eigenvalue weighted by Gasteiger charge is 2.27. The minimum Gasteiger partial charge on any atom is -0.493 e. The van der Waals surface area contributed by atoms with Crippen LogP contribution < -0.4 is 14.8 Å². The van der Waals surface area contributed by atoms with Crippen molar-refractivity contribution in [3.63, 3.8) is 0 Å². The van der Waals surface area contributed by atoms with Crippen molar-refractivity contribution in [2.24, 2.45) is 0 Å². The molecule has 8 heteroatoms. The first-order valence-corrected chi connectivity index (χ1v) is 10.0. The number of aromatic nitrogens is 1. The van der Waals surface area contributed by atoms with Crippen LogP contribution in [0.1, 0.15) is 33.6 Å².